The van der Waals surface area contributed by atoms with Gasteiger partial charge >= 0.3 is 0 Å². The van der Waals surface area contributed by atoms with Crippen LogP contribution in [-0.4, -0.2) is 72.3 Å². The zero-order valence-corrected chi connectivity index (χ0v) is 15.2. The molecule has 2 aliphatic heterocycles. The van der Waals surface area contributed by atoms with Crippen LogP contribution in [0.3, 0.4) is 0 Å². The minimum absolute atomic E-state index is 0.235. The predicted molar refractivity (Wildman–Crippen MR) is 82.7 cm³/mol. The predicted octanol–water partition coefficient (Wildman–Crippen LogP) is -3.19. The summed E-state index contributed by atoms with van der Waals surface area (Å²) in [6.07, 6.45) is 0. The largest absolute Gasteiger partial charge is 0.820 e. The van der Waals surface area contributed by atoms with Gasteiger partial charge in [-0.25, -0.2) is 0 Å². The molecule has 0 aromatic carbocycles. The maximum absolute atomic E-state index is 9.41. The first kappa shape index (κ1) is 22.1. The molecular formula is C14H33N2O5P. The van der Waals surface area contributed by atoms with Crippen molar-refractivity contribution in [2.45, 2.75) is 20.8 Å². The fourth-order valence-electron chi connectivity index (χ4n) is 2.13. The molecule has 2 N–H and O–H groups in total. The Hall–Kier alpha value is 0.150. The number of likely N-dealkylation sites (N-methyl/N-ethyl adjacent to an activating group) is 2. The second-order valence-electron chi connectivity index (χ2n) is 5.07. The highest BCUT2D eigenvalue weighted by molar-refractivity contribution is 7.36. The van der Waals surface area contributed by atoms with Crippen LogP contribution in [0.1, 0.15) is 20.8 Å². The van der Waals surface area contributed by atoms with Crippen LogP contribution < -0.4 is 19.6 Å². The van der Waals surface area contributed by atoms with Crippen LogP contribution in [0.25, 0.3) is 0 Å². The Morgan fingerprint density at radius 1 is 0.818 bits per heavy atom. The summed E-state index contributed by atoms with van der Waals surface area (Å²) in [4.78, 5) is 22.2. The first-order valence-electron chi connectivity index (χ1n) is 8.23. The zero-order chi connectivity index (χ0) is 16.6. The third-order valence-electron chi connectivity index (χ3n) is 3.63. The molecule has 22 heavy (non-hydrogen) atoms. The smallest absolute Gasteiger partial charge is 0.101 e. The summed E-state index contributed by atoms with van der Waals surface area (Å²) in [5.41, 5.74) is 0. The normalized spacial score (nSPS) is 19.9. The van der Waals surface area contributed by atoms with Gasteiger partial charge in [-0.1, -0.05) is 0 Å². The number of morpholine rings is 2. The Balaban J connectivity index is 0.000000306. The van der Waals surface area contributed by atoms with Crippen LogP contribution in [0.2, 0.25) is 0 Å². The molecule has 2 aliphatic rings. The molecule has 0 radical (unpaired) electrons. The molecule has 8 heteroatoms. The number of quaternary nitrogens is 2. The molecule has 2 heterocycles. The van der Waals surface area contributed by atoms with E-state index in [0.717, 1.165) is 26.4 Å². The molecule has 7 nitrogen and oxygen atoms in total. The van der Waals surface area contributed by atoms with Crippen LogP contribution in [0.15, 0.2) is 0 Å². The van der Waals surface area contributed by atoms with E-state index in [4.69, 9.17) is 9.47 Å². The SMILES string of the molecule is CCOP([O-])[O-].CC[NH+]1CCOCC1.CC[NH+]1CCOCC1. The lowest BCUT2D eigenvalue weighted by Crippen LogP contribution is -3.13. The Labute approximate surface area is 136 Å². The van der Waals surface area contributed by atoms with Crippen LogP contribution in [0, 0.1) is 0 Å². The van der Waals surface area contributed by atoms with Crippen LogP contribution in [0.4, 0.5) is 0 Å². The maximum Gasteiger partial charge on any atom is 0.101 e. The summed E-state index contributed by atoms with van der Waals surface area (Å²) in [5.74, 6) is 0. The number of hydrogen-bond acceptors (Lipinski definition) is 5. The van der Waals surface area contributed by atoms with Crippen molar-refractivity contribution in [3.8, 4) is 0 Å². The Morgan fingerprint density at radius 2 is 1.18 bits per heavy atom. The zero-order valence-electron chi connectivity index (χ0n) is 14.3. The number of hydrogen-bond donors (Lipinski definition) is 2. The van der Waals surface area contributed by atoms with E-state index in [2.05, 4.69) is 18.4 Å². The number of rotatable bonds is 4. The van der Waals surface area contributed by atoms with Crippen molar-refractivity contribution in [1.82, 2.24) is 0 Å². The second kappa shape index (κ2) is 16.0. The van der Waals surface area contributed by atoms with E-state index >= 15 is 0 Å². The lowest BCUT2D eigenvalue weighted by molar-refractivity contribution is -0.906. The number of ether oxygens (including phenoxy) is 2. The summed E-state index contributed by atoms with van der Waals surface area (Å²) in [6, 6.07) is 0. The van der Waals surface area contributed by atoms with Gasteiger partial charge in [0.05, 0.1) is 39.5 Å². The molecule has 0 aromatic heterocycles. The molecule has 0 atom stereocenters. The molecule has 2 fully saturated rings. The van der Waals surface area contributed by atoms with Gasteiger partial charge in [-0.05, 0) is 20.8 Å². The van der Waals surface area contributed by atoms with Gasteiger partial charge in [0.1, 0.15) is 26.2 Å². The Bertz CT molecular complexity index is 207. The van der Waals surface area contributed by atoms with E-state index in [0.29, 0.717) is 0 Å². The standard InChI is InChI=1S/2C6H13NO.C2H5O3P/c2*1-2-7-3-5-8-6-4-7;1-2-5-6(3)4/h2*2-6H2,1H3;2H2,1H3/q;;-2/p+2. The molecule has 0 aliphatic carbocycles. The first-order valence-corrected chi connectivity index (χ1v) is 9.33. The number of nitrogens with one attached hydrogen (secondary N) is 2. The third-order valence-corrected chi connectivity index (χ3v) is 4.10. The molecule has 0 bridgehead atoms. The summed E-state index contributed by atoms with van der Waals surface area (Å²) in [6.45, 7) is 17.5. The third kappa shape index (κ3) is 13.8. The molecule has 0 amide bonds. The van der Waals surface area contributed by atoms with Crippen molar-refractivity contribution in [1.29, 1.82) is 0 Å². The first-order chi connectivity index (χ1) is 10.6. The lowest BCUT2D eigenvalue weighted by Gasteiger charge is -2.27. The second-order valence-corrected chi connectivity index (χ2v) is 5.78. The lowest BCUT2D eigenvalue weighted by atomic mass is 10.4. The van der Waals surface area contributed by atoms with Gasteiger partial charge in [-0.2, -0.15) is 8.60 Å². The van der Waals surface area contributed by atoms with Gasteiger partial charge in [0.15, 0.2) is 0 Å². The summed E-state index contributed by atoms with van der Waals surface area (Å²) in [5, 5.41) is 0. The molecular weight excluding hydrogens is 307 g/mol. The van der Waals surface area contributed by atoms with Crippen molar-refractivity contribution in [2.24, 2.45) is 0 Å². The van der Waals surface area contributed by atoms with Gasteiger partial charge < -0.3 is 33.6 Å². The van der Waals surface area contributed by atoms with E-state index in [-0.39, 0.29) is 6.61 Å². The highest BCUT2D eigenvalue weighted by Crippen LogP contribution is 2.10. The van der Waals surface area contributed by atoms with E-state index in [9.17, 15) is 9.79 Å². The molecule has 2 rings (SSSR count). The minimum Gasteiger partial charge on any atom is -0.820 e. The average Bonchev–Trinajstić information content (AvgIpc) is 2.57. The van der Waals surface area contributed by atoms with E-state index in [1.165, 1.54) is 39.3 Å². The van der Waals surface area contributed by atoms with Gasteiger partial charge in [0, 0.05) is 6.61 Å². The Kier molecular flexibility index (Phi) is 16.1. The van der Waals surface area contributed by atoms with E-state index < -0.39 is 8.60 Å². The molecule has 0 unspecified atom stereocenters. The van der Waals surface area contributed by atoms with Crippen molar-refractivity contribution in [3.63, 3.8) is 0 Å². The molecule has 134 valence electrons. The fourth-order valence-corrected chi connectivity index (χ4v) is 2.34. The van der Waals surface area contributed by atoms with E-state index in [1.54, 1.807) is 16.7 Å². The fraction of sp³-hybridized carbons (Fsp3) is 1.00. The quantitative estimate of drug-likeness (QED) is 0.527. The van der Waals surface area contributed by atoms with Crippen LogP contribution >= 0.6 is 8.60 Å². The van der Waals surface area contributed by atoms with Gasteiger partial charge in [-0.3, -0.25) is 0 Å². The van der Waals surface area contributed by atoms with Crippen LogP contribution in [-0.2, 0) is 14.0 Å². The van der Waals surface area contributed by atoms with Gasteiger partial charge in [0.2, 0.25) is 0 Å². The molecule has 2 saturated heterocycles. The van der Waals surface area contributed by atoms with Crippen LogP contribution in [0.5, 0.6) is 0 Å². The molecule has 0 aromatic rings. The monoisotopic (exact) mass is 340 g/mol. The van der Waals surface area contributed by atoms with Crippen molar-refractivity contribution >= 4 is 8.60 Å². The van der Waals surface area contributed by atoms with Crippen molar-refractivity contribution in [2.75, 3.05) is 72.3 Å². The summed E-state index contributed by atoms with van der Waals surface area (Å²) in [7, 11) is -2.60. The van der Waals surface area contributed by atoms with Crippen molar-refractivity contribution < 1.29 is 33.6 Å². The van der Waals surface area contributed by atoms with Gasteiger partial charge in [0.25, 0.3) is 0 Å². The maximum atomic E-state index is 9.41. The topological polar surface area (TPSA) is 82.7 Å². The average molecular weight is 340 g/mol. The highest BCUT2D eigenvalue weighted by Gasteiger charge is 2.10. The summed E-state index contributed by atoms with van der Waals surface area (Å²) < 4.78 is 14.4. The molecule has 0 saturated carbocycles. The highest BCUT2D eigenvalue weighted by atomic mass is 31.2. The summed E-state index contributed by atoms with van der Waals surface area (Å²) >= 11 is 0. The molecule has 0 spiro atoms. The Morgan fingerprint density at radius 3 is 1.32 bits per heavy atom. The van der Waals surface area contributed by atoms with Crippen molar-refractivity contribution in [3.05, 3.63) is 0 Å². The van der Waals surface area contributed by atoms with E-state index in [1.807, 2.05) is 0 Å². The minimum atomic E-state index is -2.60. The van der Waals surface area contributed by atoms with Gasteiger partial charge in [-0.15, -0.1) is 0 Å².